The minimum Gasteiger partial charge on any atom is -0.395 e. The molecule has 0 radical (unpaired) electrons. The monoisotopic (exact) mass is 603 g/mol. The molecule has 1 aromatic rings. The average molecular weight is 605 g/mol. The zero-order chi connectivity index (χ0) is 27.4. The number of thioether (sulfide) groups is 1. The molecule has 38 heavy (non-hydrogen) atoms. The third-order valence-corrected chi connectivity index (χ3v) is 11.2. The normalized spacial score (nSPS) is 29.3. The van der Waals surface area contributed by atoms with Gasteiger partial charge in [-0.1, -0.05) is 71.8 Å². The van der Waals surface area contributed by atoms with Crippen LogP contribution in [-0.2, 0) is 20.9 Å². The summed E-state index contributed by atoms with van der Waals surface area (Å²) >= 11 is 5.45. The van der Waals surface area contributed by atoms with Gasteiger partial charge in [-0.15, -0.1) is 24.9 Å². The maximum atomic E-state index is 14.2. The Bertz CT molecular complexity index is 1060. The second kappa shape index (κ2) is 12.4. The van der Waals surface area contributed by atoms with Crippen LogP contribution in [0.3, 0.4) is 0 Å². The molecule has 3 unspecified atom stereocenters. The number of halogens is 1. The van der Waals surface area contributed by atoms with Gasteiger partial charge in [0, 0.05) is 42.8 Å². The molecular weight excluding hydrogens is 566 g/mol. The second-order valence-corrected chi connectivity index (χ2v) is 13.1. The molecule has 6 atom stereocenters. The molecule has 0 saturated carbocycles. The molecule has 2 bridgehead atoms. The number of aliphatic hydroxyl groups excluding tert-OH is 1. The fourth-order valence-corrected chi connectivity index (χ4v) is 10.0. The van der Waals surface area contributed by atoms with E-state index in [1.165, 1.54) is 0 Å². The first-order valence-corrected chi connectivity index (χ1v) is 15.2. The lowest BCUT2D eigenvalue weighted by Gasteiger charge is -2.38. The van der Waals surface area contributed by atoms with Crippen molar-refractivity contribution >= 4 is 45.4 Å². The summed E-state index contributed by atoms with van der Waals surface area (Å²) < 4.78 is -0.722. The summed E-state index contributed by atoms with van der Waals surface area (Å²) in [5.41, 5.74) is 1.01. The molecule has 3 fully saturated rings. The van der Waals surface area contributed by atoms with Gasteiger partial charge in [0.15, 0.2) is 0 Å². The number of carbonyl (C=O) groups excluding carboxylic acids is 3. The lowest BCUT2D eigenvalue weighted by Crippen LogP contribution is -2.56. The predicted molar refractivity (Wildman–Crippen MR) is 155 cm³/mol. The number of unbranched alkanes of at least 4 members (excludes halogenated alkanes) is 1. The highest BCUT2D eigenvalue weighted by Gasteiger charge is 2.76. The topological polar surface area (TPSA) is 81.2 Å². The summed E-state index contributed by atoms with van der Waals surface area (Å²) in [7, 11) is 0. The summed E-state index contributed by atoms with van der Waals surface area (Å²) in [6.07, 6.45) is 5.84. The van der Waals surface area contributed by atoms with Crippen molar-refractivity contribution in [3.8, 4) is 0 Å². The van der Waals surface area contributed by atoms with Gasteiger partial charge in [-0.2, -0.15) is 0 Å². The van der Waals surface area contributed by atoms with Crippen LogP contribution in [0.2, 0.25) is 0 Å². The first-order chi connectivity index (χ1) is 18.3. The number of nitrogens with zero attached hydrogens (tertiary/aromatic N) is 3. The number of likely N-dealkylation sites (tertiary alicyclic amines) is 1. The maximum absolute atomic E-state index is 14.2. The van der Waals surface area contributed by atoms with E-state index in [1.807, 2.05) is 30.3 Å². The number of carbonyl (C=O) groups is 3. The number of amides is 3. The van der Waals surface area contributed by atoms with E-state index in [9.17, 15) is 19.5 Å². The van der Waals surface area contributed by atoms with Crippen LogP contribution in [0.25, 0.3) is 0 Å². The van der Waals surface area contributed by atoms with Crippen molar-refractivity contribution in [2.24, 2.45) is 11.8 Å². The van der Waals surface area contributed by atoms with Crippen LogP contribution in [0.5, 0.6) is 0 Å². The molecule has 3 heterocycles. The molecule has 0 aromatic heterocycles. The van der Waals surface area contributed by atoms with Crippen LogP contribution in [0.1, 0.15) is 31.7 Å². The quantitative estimate of drug-likeness (QED) is 0.276. The van der Waals surface area contributed by atoms with Crippen LogP contribution >= 0.6 is 27.7 Å². The van der Waals surface area contributed by atoms with Gasteiger partial charge in [-0.05, 0) is 18.4 Å². The molecule has 1 N–H and O–H groups in total. The summed E-state index contributed by atoms with van der Waals surface area (Å²) in [5, 5.41) is 9.75. The number of β-amino-alcohol motifs (C(OH)–C–C–N with tert-alkyl or cyclic N) is 1. The Morgan fingerprint density at radius 2 is 1.87 bits per heavy atom. The van der Waals surface area contributed by atoms with Gasteiger partial charge in [0.2, 0.25) is 17.7 Å². The third-order valence-electron chi connectivity index (χ3n) is 7.97. The fraction of sp³-hybridized carbons (Fsp3) is 0.552. The number of fused-ring (bicyclic) bond motifs is 1. The zero-order valence-corrected chi connectivity index (χ0v) is 24.4. The molecule has 206 valence electrons. The Labute approximate surface area is 238 Å². The Balaban J connectivity index is 1.71. The highest BCUT2D eigenvalue weighted by molar-refractivity contribution is 9.09. The van der Waals surface area contributed by atoms with E-state index in [-0.39, 0.29) is 41.0 Å². The Kier molecular flexibility index (Phi) is 9.42. The van der Waals surface area contributed by atoms with Gasteiger partial charge in [0.25, 0.3) is 0 Å². The van der Waals surface area contributed by atoms with Crippen molar-refractivity contribution in [2.75, 3.05) is 32.8 Å². The Morgan fingerprint density at radius 3 is 2.50 bits per heavy atom. The van der Waals surface area contributed by atoms with Gasteiger partial charge in [-0.25, -0.2) is 0 Å². The van der Waals surface area contributed by atoms with E-state index in [4.69, 9.17) is 0 Å². The summed E-state index contributed by atoms with van der Waals surface area (Å²) in [6.45, 7) is 11.4. The third kappa shape index (κ3) is 5.09. The van der Waals surface area contributed by atoms with Gasteiger partial charge in [-0.3, -0.25) is 14.4 Å². The smallest absolute Gasteiger partial charge is 0.247 e. The van der Waals surface area contributed by atoms with Gasteiger partial charge >= 0.3 is 0 Å². The second-order valence-electron chi connectivity index (χ2n) is 10.3. The van der Waals surface area contributed by atoms with E-state index in [0.29, 0.717) is 32.6 Å². The molecule has 3 amide bonds. The molecule has 4 rings (SSSR count). The molecule has 3 saturated heterocycles. The molecule has 9 heteroatoms. The SMILES string of the molecule is C=CCN(CCCC)C(=O)C1N(CCO)C(=O)[C@@H]2[C@H](C(=O)N(CC=C)Cc3ccccc3)[C@H]3SC12CC3Br. The maximum Gasteiger partial charge on any atom is 0.247 e. The highest BCUT2D eigenvalue weighted by Crippen LogP contribution is 2.68. The first kappa shape index (κ1) is 28.9. The van der Waals surface area contributed by atoms with Crippen LogP contribution in [0.4, 0.5) is 0 Å². The summed E-state index contributed by atoms with van der Waals surface area (Å²) in [5.74, 6) is -1.56. The lowest BCUT2D eigenvalue weighted by atomic mass is 9.70. The van der Waals surface area contributed by atoms with Gasteiger partial charge in [0.1, 0.15) is 6.04 Å². The summed E-state index contributed by atoms with van der Waals surface area (Å²) in [6, 6.07) is 9.07. The number of hydrogen-bond donors (Lipinski definition) is 1. The fourth-order valence-electron chi connectivity index (χ4n) is 6.41. The van der Waals surface area contributed by atoms with Crippen molar-refractivity contribution < 1.29 is 19.5 Å². The number of rotatable bonds is 13. The summed E-state index contributed by atoms with van der Waals surface area (Å²) in [4.78, 5) is 47.5. The number of benzene rings is 1. The van der Waals surface area contributed by atoms with Crippen LogP contribution in [-0.4, -0.2) is 91.2 Å². The number of alkyl halides is 1. The van der Waals surface area contributed by atoms with E-state index in [2.05, 4.69) is 36.0 Å². The van der Waals surface area contributed by atoms with Crippen LogP contribution in [0.15, 0.2) is 55.6 Å². The average Bonchev–Trinajstić information content (AvgIpc) is 3.50. The van der Waals surface area contributed by atoms with Crippen LogP contribution < -0.4 is 0 Å². The van der Waals surface area contributed by atoms with E-state index in [0.717, 1.165) is 18.4 Å². The van der Waals surface area contributed by atoms with E-state index in [1.54, 1.807) is 38.6 Å². The molecular formula is C29H38BrN3O4S. The molecule has 3 aliphatic rings. The van der Waals surface area contributed by atoms with E-state index < -0.39 is 22.6 Å². The van der Waals surface area contributed by atoms with Crippen LogP contribution in [0, 0.1) is 11.8 Å². The Hall–Kier alpha value is -2.10. The van der Waals surface area contributed by atoms with Crippen molar-refractivity contribution in [3.63, 3.8) is 0 Å². The minimum atomic E-state index is -0.723. The molecule has 7 nitrogen and oxygen atoms in total. The zero-order valence-electron chi connectivity index (χ0n) is 22.0. The standard InChI is InChI=1S/C29H38BrN3O4S/c1-4-7-15-31(13-5-2)28(37)25-29-18-21(30)24(38-29)22(23(29)27(36)33(25)16-17-34)26(35)32(14-6-3)19-20-11-9-8-10-12-20/h5-6,8-12,21-25,34H,2-4,7,13-19H2,1H3/t21?,22-,23-,24-,25?,29?/m0/s1. The molecule has 0 aliphatic carbocycles. The predicted octanol–water partition coefficient (Wildman–Crippen LogP) is 3.47. The molecule has 1 aromatic carbocycles. The number of hydrogen-bond acceptors (Lipinski definition) is 5. The molecule has 3 aliphatic heterocycles. The van der Waals surface area contributed by atoms with Gasteiger partial charge in [0.05, 0.1) is 23.2 Å². The van der Waals surface area contributed by atoms with Crippen molar-refractivity contribution in [1.29, 1.82) is 0 Å². The van der Waals surface area contributed by atoms with Crippen molar-refractivity contribution in [2.45, 2.75) is 53.6 Å². The lowest BCUT2D eigenvalue weighted by molar-refractivity contribution is -0.145. The van der Waals surface area contributed by atoms with Crippen molar-refractivity contribution in [3.05, 3.63) is 61.2 Å². The minimum absolute atomic E-state index is 0.000629. The highest BCUT2D eigenvalue weighted by atomic mass is 79.9. The Morgan fingerprint density at radius 1 is 1.18 bits per heavy atom. The molecule has 1 spiro atoms. The number of aliphatic hydroxyl groups is 1. The van der Waals surface area contributed by atoms with E-state index >= 15 is 0 Å². The van der Waals surface area contributed by atoms with Gasteiger partial charge < -0.3 is 19.8 Å². The largest absolute Gasteiger partial charge is 0.395 e. The van der Waals surface area contributed by atoms with Crippen molar-refractivity contribution in [1.82, 2.24) is 14.7 Å². The first-order valence-electron chi connectivity index (χ1n) is 13.4.